The van der Waals surface area contributed by atoms with Crippen LogP contribution in [0.15, 0.2) is 121 Å². The van der Waals surface area contributed by atoms with Crippen molar-refractivity contribution in [2.75, 3.05) is 0 Å². The van der Waals surface area contributed by atoms with Gasteiger partial charge in [-0.25, -0.2) is 0 Å². The minimum atomic E-state index is 1.09. The molecule has 0 N–H and O–H groups in total. The highest BCUT2D eigenvalue weighted by molar-refractivity contribution is 6.38. The molecule has 0 fully saturated rings. The van der Waals surface area contributed by atoms with E-state index in [0.29, 0.717) is 0 Å². The van der Waals surface area contributed by atoms with Crippen molar-refractivity contribution in [1.82, 2.24) is 9.38 Å². The highest BCUT2D eigenvalue weighted by Gasteiger charge is 2.24. The molecular formula is C35H20N2. The predicted octanol–water partition coefficient (Wildman–Crippen LogP) is 9.31. The van der Waals surface area contributed by atoms with Crippen LogP contribution in [-0.4, -0.2) is 9.38 Å². The van der Waals surface area contributed by atoms with E-state index < -0.39 is 0 Å². The fraction of sp³-hybridized carbons (Fsp3) is 0. The summed E-state index contributed by atoms with van der Waals surface area (Å²) in [4.78, 5) is 4.89. The van der Waals surface area contributed by atoms with E-state index in [1.807, 2.05) is 6.20 Å². The van der Waals surface area contributed by atoms with Gasteiger partial charge in [0.15, 0.2) is 0 Å². The van der Waals surface area contributed by atoms with E-state index >= 15 is 0 Å². The molecule has 9 aromatic rings. The van der Waals surface area contributed by atoms with Crippen molar-refractivity contribution in [3.8, 4) is 22.3 Å². The Morgan fingerprint density at radius 2 is 1.11 bits per heavy atom. The van der Waals surface area contributed by atoms with Gasteiger partial charge in [0.1, 0.15) is 0 Å². The zero-order chi connectivity index (χ0) is 24.1. The smallest absolute Gasteiger partial charge is 0.0808 e. The number of rotatable bonds is 2. The number of aromatic nitrogens is 2. The van der Waals surface area contributed by atoms with Crippen LogP contribution in [0.5, 0.6) is 0 Å². The van der Waals surface area contributed by atoms with Crippen molar-refractivity contribution in [3.05, 3.63) is 121 Å². The minimum absolute atomic E-state index is 1.09. The first-order valence-corrected chi connectivity index (χ1v) is 12.7. The summed E-state index contributed by atoms with van der Waals surface area (Å²) in [6.45, 7) is 0. The molecule has 0 saturated carbocycles. The van der Waals surface area contributed by atoms with Gasteiger partial charge in [-0.1, -0.05) is 109 Å². The molecule has 0 bridgehead atoms. The summed E-state index contributed by atoms with van der Waals surface area (Å²) in [6, 6.07) is 41.8. The standard InChI is InChI=1S/C35H20N2/c1-2-7-21(8-3-1)22-13-15-23(16-14-22)24-11-6-12-28-29-18-17-26-25-9-4-5-10-27(25)33-32-30(19-20-36-33)37(34(24)28)35(29)31(26)32/h1-20H. The lowest BCUT2D eigenvalue weighted by Gasteiger charge is -2.09. The number of benzene rings is 6. The molecule has 0 atom stereocenters. The topological polar surface area (TPSA) is 17.3 Å². The lowest BCUT2D eigenvalue weighted by atomic mass is 9.95. The number of pyridine rings is 1. The first-order chi connectivity index (χ1) is 18.4. The van der Waals surface area contributed by atoms with Gasteiger partial charge in [-0.15, -0.1) is 0 Å². The Morgan fingerprint density at radius 1 is 0.432 bits per heavy atom. The van der Waals surface area contributed by atoms with Gasteiger partial charge in [0.25, 0.3) is 0 Å². The van der Waals surface area contributed by atoms with Gasteiger partial charge < -0.3 is 4.40 Å². The minimum Gasteiger partial charge on any atom is -0.307 e. The summed E-state index contributed by atoms with van der Waals surface area (Å²) in [5, 5.41) is 9.00. The Labute approximate surface area is 212 Å². The normalized spacial score (nSPS) is 12.3. The van der Waals surface area contributed by atoms with E-state index in [2.05, 4.69) is 120 Å². The molecule has 0 aliphatic rings. The Balaban J connectivity index is 1.43. The van der Waals surface area contributed by atoms with Crippen LogP contribution >= 0.6 is 0 Å². The summed E-state index contributed by atoms with van der Waals surface area (Å²) in [6.07, 6.45) is 1.97. The van der Waals surface area contributed by atoms with Gasteiger partial charge in [-0.05, 0) is 33.5 Å². The van der Waals surface area contributed by atoms with Crippen LogP contribution in [0.2, 0.25) is 0 Å². The van der Waals surface area contributed by atoms with E-state index in [4.69, 9.17) is 4.98 Å². The summed E-state index contributed by atoms with van der Waals surface area (Å²) in [7, 11) is 0. The highest BCUT2D eigenvalue weighted by atomic mass is 14.9. The Kier molecular flexibility index (Phi) is 3.56. The maximum atomic E-state index is 4.89. The second kappa shape index (κ2) is 6.83. The molecule has 3 aromatic heterocycles. The number of hydrogen-bond acceptors (Lipinski definition) is 1. The number of nitrogens with zero attached hydrogens (tertiary/aromatic N) is 2. The van der Waals surface area contributed by atoms with Gasteiger partial charge in [0.05, 0.1) is 22.1 Å². The van der Waals surface area contributed by atoms with E-state index in [1.54, 1.807) is 0 Å². The second-order valence-electron chi connectivity index (χ2n) is 9.96. The molecule has 0 spiro atoms. The van der Waals surface area contributed by atoms with E-state index in [0.717, 1.165) is 5.52 Å². The molecule has 0 aliphatic carbocycles. The molecule has 3 heterocycles. The Bertz CT molecular complexity index is 2270. The molecule has 2 nitrogen and oxygen atoms in total. The zero-order valence-corrected chi connectivity index (χ0v) is 19.9. The fourth-order valence-corrected chi connectivity index (χ4v) is 6.59. The van der Waals surface area contributed by atoms with E-state index in [9.17, 15) is 0 Å². The van der Waals surface area contributed by atoms with Crippen LogP contribution in [-0.2, 0) is 0 Å². The van der Waals surface area contributed by atoms with Crippen molar-refractivity contribution in [2.24, 2.45) is 0 Å². The van der Waals surface area contributed by atoms with Gasteiger partial charge in [0, 0.05) is 38.7 Å². The maximum Gasteiger partial charge on any atom is 0.0808 e. The summed E-state index contributed by atoms with van der Waals surface area (Å²) >= 11 is 0. The zero-order valence-electron chi connectivity index (χ0n) is 19.9. The number of fused-ring (bicyclic) bond motifs is 7. The quantitative estimate of drug-likeness (QED) is 0.231. The predicted molar refractivity (Wildman–Crippen MR) is 156 cm³/mol. The van der Waals surface area contributed by atoms with Crippen molar-refractivity contribution >= 4 is 59.8 Å². The average molecular weight is 469 g/mol. The Morgan fingerprint density at radius 3 is 1.97 bits per heavy atom. The van der Waals surface area contributed by atoms with E-state index in [1.165, 1.54) is 76.5 Å². The van der Waals surface area contributed by atoms with Crippen LogP contribution < -0.4 is 0 Å². The third-order valence-corrected chi connectivity index (χ3v) is 8.15. The highest BCUT2D eigenvalue weighted by Crippen LogP contribution is 2.47. The van der Waals surface area contributed by atoms with Gasteiger partial charge in [0.2, 0.25) is 0 Å². The third-order valence-electron chi connectivity index (χ3n) is 8.15. The van der Waals surface area contributed by atoms with Crippen molar-refractivity contribution < 1.29 is 0 Å². The van der Waals surface area contributed by atoms with Crippen molar-refractivity contribution in [1.29, 1.82) is 0 Å². The molecule has 0 radical (unpaired) electrons. The monoisotopic (exact) mass is 468 g/mol. The molecule has 9 rings (SSSR count). The summed E-state index contributed by atoms with van der Waals surface area (Å²) in [5.41, 5.74) is 9.85. The molecule has 0 unspecified atom stereocenters. The summed E-state index contributed by atoms with van der Waals surface area (Å²) < 4.78 is 2.50. The molecule has 2 heteroatoms. The van der Waals surface area contributed by atoms with Crippen LogP contribution in [0.1, 0.15) is 0 Å². The van der Waals surface area contributed by atoms with E-state index in [-0.39, 0.29) is 0 Å². The molecular weight excluding hydrogens is 448 g/mol. The van der Waals surface area contributed by atoms with Gasteiger partial charge in [-0.3, -0.25) is 4.98 Å². The van der Waals surface area contributed by atoms with Crippen molar-refractivity contribution in [2.45, 2.75) is 0 Å². The second-order valence-corrected chi connectivity index (χ2v) is 9.96. The first-order valence-electron chi connectivity index (χ1n) is 12.7. The van der Waals surface area contributed by atoms with Crippen LogP contribution in [0, 0.1) is 0 Å². The maximum absolute atomic E-state index is 4.89. The summed E-state index contributed by atoms with van der Waals surface area (Å²) in [5.74, 6) is 0. The molecule has 6 aromatic carbocycles. The first kappa shape index (κ1) is 19.3. The lowest BCUT2D eigenvalue weighted by molar-refractivity contribution is 1.35. The largest absolute Gasteiger partial charge is 0.307 e. The average Bonchev–Trinajstić information content (AvgIpc) is 3.50. The molecule has 170 valence electrons. The van der Waals surface area contributed by atoms with Crippen molar-refractivity contribution in [3.63, 3.8) is 0 Å². The van der Waals surface area contributed by atoms with Crippen LogP contribution in [0.3, 0.4) is 0 Å². The molecule has 0 saturated heterocycles. The SMILES string of the molecule is c1ccc(-c2ccc(-c3cccc4c5ccc6c7ccccc7c7nccc8c7c6c5n8c34)cc2)cc1. The molecule has 0 aliphatic heterocycles. The van der Waals surface area contributed by atoms with Gasteiger partial charge in [-0.2, -0.15) is 0 Å². The molecule has 0 amide bonds. The number of para-hydroxylation sites is 1. The van der Waals surface area contributed by atoms with Crippen LogP contribution in [0.4, 0.5) is 0 Å². The third kappa shape index (κ3) is 2.37. The van der Waals surface area contributed by atoms with Gasteiger partial charge >= 0.3 is 0 Å². The Hall–Kier alpha value is -4.95. The molecule has 37 heavy (non-hydrogen) atoms. The number of hydrogen-bond donors (Lipinski definition) is 0. The van der Waals surface area contributed by atoms with Crippen LogP contribution in [0.25, 0.3) is 82.0 Å². The fourth-order valence-electron chi connectivity index (χ4n) is 6.59. The lowest BCUT2D eigenvalue weighted by Crippen LogP contribution is -1.88.